The standard InChI is InChI=1S/C18H13F4N3O3/c19-10-3-1-2-9(6-10)13-7-14(28-25-13)18(27)23-8-15(26)24-12-5-4-11(20)16(21)17(12)22/h1-6,14H,7-8H2,(H,23,27)(H,24,26). The van der Waals surface area contributed by atoms with Gasteiger partial charge in [-0.3, -0.25) is 9.59 Å². The van der Waals surface area contributed by atoms with Crippen LogP contribution in [0.2, 0.25) is 0 Å². The topological polar surface area (TPSA) is 79.8 Å². The summed E-state index contributed by atoms with van der Waals surface area (Å²) < 4.78 is 52.8. The normalized spacial score (nSPS) is 15.6. The summed E-state index contributed by atoms with van der Waals surface area (Å²) in [6, 6.07) is 7.11. The Morgan fingerprint density at radius 3 is 2.64 bits per heavy atom. The summed E-state index contributed by atoms with van der Waals surface area (Å²) in [5.41, 5.74) is 0.266. The van der Waals surface area contributed by atoms with Crippen molar-refractivity contribution >= 4 is 23.2 Å². The molecular weight excluding hydrogens is 382 g/mol. The molecule has 0 fully saturated rings. The van der Waals surface area contributed by atoms with E-state index in [9.17, 15) is 27.2 Å². The van der Waals surface area contributed by atoms with Crippen LogP contribution in [0.3, 0.4) is 0 Å². The van der Waals surface area contributed by atoms with Gasteiger partial charge in [0.05, 0.1) is 17.9 Å². The summed E-state index contributed by atoms with van der Waals surface area (Å²) in [5, 5.41) is 8.01. The third kappa shape index (κ3) is 4.27. The molecule has 6 nitrogen and oxygen atoms in total. The lowest BCUT2D eigenvalue weighted by Gasteiger charge is -2.10. The first-order chi connectivity index (χ1) is 13.3. The average molecular weight is 395 g/mol. The minimum atomic E-state index is -1.72. The fourth-order valence-electron chi connectivity index (χ4n) is 2.45. The number of oxime groups is 1. The molecular formula is C18H13F4N3O3. The van der Waals surface area contributed by atoms with Crippen molar-refractivity contribution in [3.8, 4) is 0 Å². The summed E-state index contributed by atoms with van der Waals surface area (Å²) >= 11 is 0. The van der Waals surface area contributed by atoms with E-state index in [0.29, 0.717) is 17.3 Å². The van der Waals surface area contributed by atoms with E-state index in [0.717, 1.165) is 6.07 Å². The molecule has 2 amide bonds. The summed E-state index contributed by atoms with van der Waals surface area (Å²) in [7, 11) is 0. The molecule has 1 heterocycles. The molecule has 0 saturated heterocycles. The van der Waals surface area contributed by atoms with Gasteiger partial charge in [0.2, 0.25) is 12.0 Å². The van der Waals surface area contributed by atoms with Crippen LogP contribution in [0.1, 0.15) is 12.0 Å². The predicted octanol–water partition coefficient (Wildman–Crippen LogP) is 2.49. The molecule has 2 N–H and O–H groups in total. The van der Waals surface area contributed by atoms with Gasteiger partial charge in [0.1, 0.15) is 5.82 Å². The van der Waals surface area contributed by atoms with Gasteiger partial charge in [-0.2, -0.15) is 0 Å². The molecule has 2 aromatic rings. The number of rotatable bonds is 5. The monoisotopic (exact) mass is 395 g/mol. The fraction of sp³-hybridized carbons (Fsp3) is 0.167. The van der Waals surface area contributed by atoms with Crippen molar-refractivity contribution in [2.75, 3.05) is 11.9 Å². The van der Waals surface area contributed by atoms with Gasteiger partial charge in [-0.25, -0.2) is 17.6 Å². The van der Waals surface area contributed by atoms with E-state index in [1.165, 1.54) is 18.2 Å². The molecule has 0 aliphatic carbocycles. The van der Waals surface area contributed by atoms with Crippen molar-refractivity contribution in [1.29, 1.82) is 0 Å². The van der Waals surface area contributed by atoms with Gasteiger partial charge >= 0.3 is 0 Å². The van der Waals surface area contributed by atoms with Crippen molar-refractivity contribution in [2.45, 2.75) is 12.5 Å². The number of hydrogen-bond donors (Lipinski definition) is 2. The number of anilines is 1. The molecule has 1 unspecified atom stereocenters. The lowest BCUT2D eigenvalue weighted by atomic mass is 10.0. The molecule has 0 spiro atoms. The zero-order valence-electron chi connectivity index (χ0n) is 14.1. The Morgan fingerprint density at radius 2 is 1.89 bits per heavy atom. The highest BCUT2D eigenvalue weighted by Crippen LogP contribution is 2.20. The Hall–Kier alpha value is -3.43. The number of benzene rings is 2. The number of carbonyl (C=O) groups is 2. The highest BCUT2D eigenvalue weighted by Gasteiger charge is 2.29. The van der Waals surface area contributed by atoms with E-state index in [2.05, 4.69) is 10.5 Å². The number of amides is 2. The van der Waals surface area contributed by atoms with Gasteiger partial charge in [-0.05, 0) is 24.3 Å². The maximum Gasteiger partial charge on any atom is 0.264 e. The third-order valence-corrected chi connectivity index (χ3v) is 3.85. The third-order valence-electron chi connectivity index (χ3n) is 3.85. The second kappa shape index (κ2) is 8.07. The maximum atomic E-state index is 13.5. The molecule has 2 aromatic carbocycles. The van der Waals surface area contributed by atoms with Gasteiger partial charge in [-0.15, -0.1) is 0 Å². The molecule has 1 aliphatic heterocycles. The van der Waals surface area contributed by atoms with Crippen LogP contribution in [-0.4, -0.2) is 30.2 Å². The zero-order chi connectivity index (χ0) is 20.3. The van der Waals surface area contributed by atoms with Crippen LogP contribution in [0.15, 0.2) is 41.6 Å². The van der Waals surface area contributed by atoms with Crippen LogP contribution in [0.25, 0.3) is 0 Å². The number of nitrogens with one attached hydrogen (secondary N) is 2. The molecule has 0 bridgehead atoms. The van der Waals surface area contributed by atoms with Gasteiger partial charge < -0.3 is 15.5 Å². The molecule has 3 rings (SSSR count). The summed E-state index contributed by atoms with van der Waals surface area (Å²) in [5.74, 6) is -6.65. The minimum Gasteiger partial charge on any atom is -0.382 e. The smallest absolute Gasteiger partial charge is 0.264 e. The first-order valence-electron chi connectivity index (χ1n) is 8.05. The first-order valence-corrected chi connectivity index (χ1v) is 8.05. The Labute approximate surface area is 156 Å². The quantitative estimate of drug-likeness (QED) is 0.603. The lowest BCUT2D eigenvalue weighted by molar-refractivity contribution is -0.132. The lowest BCUT2D eigenvalue weighted by Crippen LogP contribution is -2.39. The van der Waals surface area contributed by atoms with E-state index in [1.54, 1.807) is 6.07 Å². The van der Waals surface area contributed by atoms with Crippen LogP contribution in [0.4, 0.5) is 23.2 Å². The Bertz CT molecular complexity index is 965. The Balaban J connectivity index is 1.51. The van der Waals surface area contributed by atoms with Crippen LogP contribution in [-0.2, 0) is 14.4 Å². The second-order valence-electron chi connectivity index (χ2n) is 5.84. The molecule has 0 radical (unpaired) electrons. The maximum absolute atomic E-state index is 13.5. The Kier molecular flexibility index (Phi) is 5.57. The largest absolute Gasteiger partial charge is 0.382 e. The molecule has 0 saturated carbocycles. The molecule has 1 atom stereocenters. The van der Waals surface area contributed by atoms with Crippen molar-refractivity contribution in [3.63, 3.8) is 0 Å². The van der Waals surface area contributed by atoms with Crippen molar-refractivity contribution < 1.29 is 32.0 Å². The highest BCUT2D eigenvalue weighted by molar-refractivity contribution is 6.04. The van der Waals surface area contributed by atoms with Crippen LogP contribution in [0, 0.1) is 23.3 Å². The fourth-order valence-corrected chi connectivity index (χ4v) is 2.45. The highest BCUT2D eigenvalue weighted by atomic mass is 19.2. The van der Waals surface area contributed by atoms with E-state index in [1.807, 2.05) is 5.32 Å². The van der Waals surface area contributed by atoms with E-state index in [-0.39, 0.29) is 6.42 Å². The SMILES string of the molecule is O=C(CNC(=O)C1CC(c2cccc(F)c2)=NO1)Nc1ccc(F)c(F)c1F. The summed E-state index contributed by atoms with van der Waals surface area (Å²) in [6.45, 7) is -0.563. The second-order valence-corrected chi connectivity index (χ2v) is 5.84. The minimum absolute atomic E-state index is 0.0642. The zero-order valence-corrected chi connectivity index (χ0v) is 14.1. The van der Waals surface area contributed by atoms with Gasteiger partial charge in [0.15, 0.2) is 17.5 Å². The molecule has 1 aliphatic rings. The van der Waals surface area contributed by atoms with Crippen molar-refractivity contribution in [2.24, 2.45) is 5.16 Å². The van der Waals surface area contributed by atoms with Crippen LogP contribution < -0.4 is 10.6 Å². The van der Waals surface area contributed by atoms with Gasteiger partial charge in [0.25, 0.3) is 5.91 Å². The molecule has 0 aromatic heterocycles. The summed E-state index contributed by atoms with van der Waals surface area (Å²) in [4.78, 5) is 28.8. The van der Waals surface area contributed by atoms with Gasteiger partial charge in [0, 0.05) is 12.0 Å². The van der Waals surface area contributed by atoms with Crippen LogP contribution in [0.5, 0.6) is 0 Å². The number of hydrogen-bond acceptors (Lipinski definition) is 4. The average Bonchev–Trinajstić information content (AvgIpc) is 3.17. The number of carbonyl (C=O) groups excluding carboxylic acids is 2. The van der Waals surface area contributed by atoms with Crippen molar-refractivity contribution in [3.05, 3.63) is 65.2 Å². The van der Waals surface area contributed by atoms with E-state index in [4.69, 9.17) is 4.84 Å². The predicted molar refractivity (Wildman–Crippen MR) is 90.4 cm³/mol. The van der Waals surface area contributed by atoms with E-state index < -0.39 is 53.4 Å². The first kappa shape index (κ1) is 19.3. The number of halogens is 4. The molecule has 28 heavy (non-hydrogen) atoms. The van der Waals surface area contributed by atoms with Crippen LogP contribution >= 0.6 is 0 Å². The van der Waals surface area contributed by atoms with Crippen molar-refractivity contribution in [1.82, 2.24) is 5.32 Å². The van der Waals surface area contributed by atoms with Gasteiger partial charge in [-0.1, -0.05) is 17.3 Å². The number of nitrogens with zero attached hydrogens (tertiary/aromatic N) is 1. The molecule has 146 valence electrons. The molecule has 10 heteroatoms. The summed E-state index contributed by atoms with van der Waals surface area (Å²) in [6.07, 6.45) is -0.958. The Morgan fingerprint density at radius 1 is 1.11 bits per heavy atom. The van der Waals surface area contributed by atoms with E-state index >= 15 is 0 Å².